The maximum atomic E-state index is 11.8. The summed E-state index contributed by atoms with van der Waals surface area (Å²) < 4.78 is 1.13. The first-order valence-electron chi connectivity index (χ1n) is 6.03. The Hall–Kier alpha value is -2.43. The van der Waals surface area contributed by atoms with Crippen LogP contribution in [-0.4, -0.2) is 15.7 Å². The number of benzene rings is 1. The minimum absolute atomic E-state index is 0.0726. The normalized spacial score (nSPS) is 11.8. The summed E-state index contributed by atoms with van der Waals surface area (Å²) in [4.78, 5) is 23.3. The number of nitrogens with one attached hydrogen (secondary N) is 1. The zero-order valence-corrected chi connectivity index (χ0v) is 10.6. The fraction of sp³-hybridized carbons (Fsp3) is 0.214. The molecule has 1 heterocycles. The van der Waals surface area contributed by atoms with Crippen LogP contribution in [0.4, 0.5) is 0 Å². The summed E-state index contributed by atoms with van der Waals surface area (Å²) in [6.45, 7) is 1.82. The van der Waals surface area contributed by atoms with Gasteiger partial charge >= 0.3 is 0 Å². The van der Waals surface area contributed by atoms with Gasteiger partial charge in [0, 0.05) is 12.3 Å². The second-order valence-corrected chi connectivity index (χ2v) is 4.22. The van der Waals surface area contributed by atoms with Crippen molar-refractivity contribution in [3.8, 4) is 0 Å². The number of aromatic nitrogens is 2. The van der Waals surface area contributed by atoms with Crippen molar-refractivity contribution < 1.29 is 4.79 Å². The van der Waals surface area contributed by atoms with E-state index in [2.05, 4.69) is 10.4 Å². The monoisotopic (exact) mass is 257 g/mol. The second kappa shape index (κ2) is 5.95. The summed E-state index contributed by atoms with van der Waals surface area (Å²) in [5.41, 5.74) is 0.731. The molecule has 2 aromatic rings. The van der Waals surface area contributed by atoms with Gasteiger partial charge in [0.05, 0.1) is 6.04 Å². The highest BCUT2D eigenvalue weighted by Gasteiger charge is 2.10. The lowest BCUT2D eigenvalue weighted by Gasteiger charge is -2.14. The first kappa shape index (κ1) is 13.0. The molecule has 1 amide bonds. The van der Waals surface area contributed by atoms with Gasteiger partial charge in [-0.25, -0.2) is 4.68 Å². The Bertz CT molecular complexity index is 607. The largest absolute Gasteiger partial charge is 0.348 e. The lowest BCUT2D eigenvalue weighted by molar-refractivity contribution is -0.122. The molecule has 1 atom stereocenters. The molecule has 0 saturated carbocycles. The predicted molar refractivity (Wildman–Crippen MR) is 71.5 cm³/mol. The van der Waals surface area contributed by atoms with E-state index in [1.165, 1.54) is 12.3 Å². The van der Waals surface area contributed by atoms with E-state index in [4.69, 9.17) is 0 Å². The smallest absolute Gasteiger partial charge is 0.267 e. The fourth-order valence-electron chi connectivity index (χ4n) is 1.75. The van der Waals surface area contributed by atoms with Crippen LogP contribution in [0.25, 0.3) is 0 Å². The Morgan fingerprint density at radius 3 is 2.68 bits per heavy atom. The van der Waals surface area contributed by atoms with Gasteiger partial charge < -0.3 is 5.32 Å². The molecule has 1 aromatic carbocycles. The quantitative estimate of drug-likeness (QED) is 0.892. The van der Waals surface area contributed by atoms with Gasteiger partial charge in [-0.05, 0) is 18.6 Å². The number of rotatable bonds is 4. The summed E-state index contributed by atoms with van der Waals surface area (Å²) in [6, 6.07) is 12.5. The number of hydrogen-bond donors (Lipinski definition) is 1. The van der Waals surface area contributed by atoms with Crippen molar-refractivity contribution in [3.63, 3.8) is 0 Å². The van der Waals surface area contributed by atoms with E-state index in [1.54, 1.807) is 6.07 Å². The lowest BCUT2D eigenvalue weighted by Crippen LogP contribution is -2.34. The van der Waals surface area contributed by atoms with Crippen molar-refractivity contribution in [3.05, 3.63) is 64.6 Å². The zero-order valence-electron chi connectivity index (χ0n) is 10.6. The van der Waals surface area contributed by atoms with Gasteiger partial charge in [0.15, 0.2) is 0 Å². The average molecular weight is 257 g/mol. The van der Waals surface area contributed by atoms with Crippen LogP contribution >= 0.6 is 0 Å². The molecular weight excluding hydrogens is 242 g/mol. The first-order chi connectivity index (χ1) is 9.16. The number of carbonyl (C=O) groups is 1. The van der Waals surface area contributed by atoms with Crippen molar-refractivity contribution in [2.75, 3.05) is 0 Å². The highest BCUT2D eigenvalue weighted by molar-refractivity contribution is 5.76. The first-order valence-corrected chi connectivity index (χ1v) is 6.03. The molecular formula is C14H15N3O2. The summed E-state index contributed by atoms with van der Waals surface area (Å²) >= 11 is 0. The molecule has 0 aliphatic heterocycles. The highest BCUT2D eigenvalue weighted by atomic mass is 16.2. The van der Waals surface area contributed by atoms with Gasteiger partial charge in [0.2, 0.25) is 5.91 Å². The van der Waals surface area contributed by atoms with E-state index >= 15 is 0 Å². The topological polar surface area (TPSA) is 64.0 Å². The number of nitrogens with zero attached hydrogens (tertiary/aromatic N) is 2. The molecule has 19 heavy (non-hydrogen) atoms. The van der Waals surface area contributed by atoms with Crippen LogP contribution < -0.4 is 10.9 Å². The third-order valence-corrected chi connectivity index (χ3v) is 2.76. The molecule has 0 spiro atoms. The van der Waals surface area contributed by atoms with E-state index in [-0.39, 0.29) is 24.1 Å². The van der Waals surface area contributed by atoms with E-state index < -0.39 is 0 Å². The van der Waals surface area contributed by atoms with Gasteiger partial charge in [-0.2, -0.15) is 5.10 Å². The summed E-state index contributed by atoms with van der Waals surface area (Å²) in [7, 11) is 0. The van der Waals surface area contributed by atoms with E-state index in [9.17, 15) is 9.59 Å². The molecule has 5 heteroatoms. The maximum absolute atomic E-state index is 11.8. The molecule has 0 saturated heterocycles. The van der Waals surface area contributed by atoms with Crippen LogP contribution in [0.3, 0.4) is 0 Å². The van der Waals surface area contributed by atoms with Gasteiger partial charge in [0.1, 0.15) is 6.54 Å². The van der Waals surface area contributed by atoms with Gasteiger partial charge in [-0.15, -0.1) is 0 Å². The van der Waals surface area contributed by atoms with Crippen molar-refractivity contribution in [1.82, 2.24) is 15.1 Å². The summed E-state index contributed by atoms with van der Waals surface area (Å²) in [5.74, 6) is -0.239. The maximum Gasteiger partial charge on any atom is 0.267 e. The standard InChI is InChI=1S/C14H15N3O2/c1-11(12-6-3-2-4-7-12)16-13(18)10-17-14(19)8-5-9-15-17/h2-9,11H,10H2,1H3,(H,16,18)/t11-/m1/s1. The SMILES string of the molecule is C[C@@H](NC(=O)Cn1ncccc1=O)c1ccccc1. The van der Waals surface area contributed by atoms with Gasteiger partial charge in [-0.3, -0.25) is 9.59 Å². The average Bonchev–Trinajstić information content (AvgIpc) is 2.42. The van der Waals surface area contributed by atoms with Gasteiger partial charge in [-0.1, -0.05) is 30.3 Å². The minimum Gasteiger partial charge on any atom is -0.348 e. The van der Waals surface area contributed by atoms with Crippen molar-refractivity contribution >= 4 is 5.91 Å². The van der Waals surface area contributed by atoms with Crippen LogP contribution in [0, 0.1) is 0 Å². The Balaban J connectivity index is 1.99. The van der Waals surface area contributed by atoms with Crippen molar-refractivity contribution in [2.24, 2.45) is 0 Å². The third kappa shape index (κ3) is 3.51. The van der Waals surface area contributed by atoms with Gasteiger partial charge in [0.25, 0.3) is 5.56 Å². The number of hydrogen-bond acceptors (Lipinski definition) is 3. The molecule has 0 aliphatic carbocycles. The third-order valence-electron chi connectivity index (χ3n) is 2.76. The van der Waals surface area contributed by atoms with Crippen LogP contribution in [0.1, 0.15) is 18.5 Å². The Labute approximate surface area is 110 Å². The summed E-state index contributed by atoms with van der Waals surface area (Å²) in [5, 5.41) is 6.67. The van der Waals surface area contributed by atoms with E-state index in [0.717, 1.165) is 10.2 Å². The Kier molecular flexibility index (Phi) is 4.07. The summed E-state index contributed by atoms with van der Waals surface area (Å²) in [6.07, 6.45) is 1.48. The van der Waals surface area contributed by atoms with Crippen LogP contribution in [0.15, 0.2) is 53.5 Å². The molecule has 2 rings (SSSR count). The molecule has 1 aromatic heterocycles. The van der Waals surface area contributed by atoms with E-state index in [1.807, 2.05) is 37.3 Å². The van der Waals surface area contributed by atoms with Crippen LogP contribution in [-0.2, 0) is 11.3 Å². The van der Waals surface area contributed by atoms with Crippen molar-refractivity contribution in [1.29, 1.82) is 0 Å². The zero-order chi connectivity index (χ0) is 13.7. The molecule has 0 aliphatic rings. The molecule has 0 bridgehead atoms. The molecule has 1 N–H and O–H groups in total. The van der Waals surface area contributed by atoms with Crippen LogP contribution in [0.5, 0.6) is 0 Å². The molecule has 5 nitrogen and oxygen atoms in total. The molecule has 98 valence electrons. The fourth-order valence-corrected chi connectivity index (χ4v) is 1.75. The number of amides is 1. The Morgan fingerprint density at radius 2 is 2.00 bits per heavy atom. The molecule has 0 fully saturated rings. The number of carbonyl (C=O) groups excluding carboxylic acids is 1. The molecule has 0 radical (unpaired) electrons. The highest BCUT2D eigenvalue weighted by Crippen LogP contribution is 2.10. The lowest BCUT2D eigenvalue weighted by atomic mass is 10.1. The van der Waals surface area contributed by atoms with Crippen molar-refractivity contribution in [2.45, 2.75) is 19.5 Å². The second-order valence-electron chi connectivity index (χ2n) is 4.22. The Morgan fingerprint density at radius 1 is 1.26 bits per heavy atom. The van der Waals surface area contributed by atoms with E-state index in [0.29, 0.717) is 0 Å². The molecule has 0 unspecified atom stereocenters. The minimum atomic E-state index is -0.287. The predicted octanol–water partition coefficient (Wildman–Crippen LogP) is 1.12. The van der Waals surface area contributed by atoms with Crippen LogP contribution in [0.2, 0.25) is 0 Å².